The molecule has 140 valence electrons. The van der Waals surface area contributed by atoms with Crippen LogP contribution in [0.1, 0.15) is 45.2 Å². The number of hydrogen-bond donors (Lipinski definition) is 2. The molecule has 1 aromatic carbocycles. The van der Waals surface area contributed by atoms with Gasteiger partial charge in [0.1, 0.15) is 0 Å². The summed E-state index contributed by atoms with van der Waals surface area (Å²) in [5.41, 5.74) is 2.84. The molecular weight excluding hydrogens is 314 g/mol. The van der Waals surface area contributed by atoms with Crippen molar-refractivity contribution in [2.24, 2.45) is 0 Å². The smallest absolute Gasteiger partial charge is 0.317 e. The van der Waals surface area contributed by atoms with Gasteiger partial charge in [-0.05, 0) is 44.7 Å². The highest BCUT2D eigenvalue weighted by Gasteiger charge is 2.24. The van der Waals surface area contributed by atoms with Crippen LogP contribution in [-0.4, -0.2) is 58.8 Å². The lowest BCUT2D eigenvalue weighted by Crippen LogP contribution is -2.51. The van der Waals surface area contributed by atoms with E-state index in [0.717, 1.165) is 25.9 Å². The molecule has 0 aliphatic carbocycles. The standard InChI is InChI=1S/C20H33N3O2/c1-5-19(12-21-20(25)23(15(2)3)13-16(4)24)22-11-10-17-8-6-7-9-18(17)14-22/h6-9,15-16,19,24H,5,10-14H2,1-4H3,(H,21,25). The van der Waals surface area contributed by atoms with E-state index < -0.39 is 6.10 Å². The normalized spacial score (nSPS) is 17.0. The van der Waals surface area contributed by atoms with Crippen LogP contribution in [0.4, 0.5) is 4.79 Å². The van der Waals surface area contributed by atoms with Gasteiger partial charge in [-0.25, -0.2) is 4.79 Å². The van der Waals surface area contributed by atoms with Gasteiger partial charge in [0, 0.05) is 38.3 Å². The number of carbonyl (C=O) groups excluding carboxylic acids is 1. The topological polar surface area (TPSA) is 55.8 Å². The van der Waals surface area contributed by atoms with E-state index in [9.17, 15) is 9.90 Å². The lowest BCUT2D eigenvalue weighted by Gasteiger charge is -2.36. The number of nitrogens with one attached hydrogen (secondary N) is 1. The second-order valence-corrected chi connectivity index (χ2v) is 7.33. The minimum Gasteiger partial charge on any atom is -0.392 e. The third-order valence-electron chi connectivity index (χ3n) is 4.98. The Labute approximate surface area is 152 Å². The number of urea groups is 1. The molecule has 25 heavy (non-hydrogen) atoms. The zero-order valence-electron chi connectivity index (χ0n) is 16.0. The number of carbonyl (C=O) groups is 1. The number of hydrogen-bond acceptors (Lipinski definition) is 3. The minimum absolute atomic E-state index is 0.0662. The third kappa shape index (κ3) is 5.44. The number of aliphatic hydroxyl groups excluding tert-OH is 1. The molecule has 1 aliphatic heterocycles. The molecule has 2 atom stereocenters. The second-order valence-electron chi connectivity index (χ2n) is 7.33. The molecule has 5 heteroatoms. The monoisotopic (exact) mass is 347 g/mol. The summed E-state index contributed by atoms with van der Waals surface area (Å²) in [4.78, 5) is 16.7. The fourth-order valence-electron chi connectivity index (χ4n) is 3.48. The molecule has 1 heterocycles. The van der Waals surface area contributed by atoms with Crippen molar-refractivity contribution in [1.29, 1.82) is 0 Å². The van der Waals surface area contributed by atoms with E-state index in [1.165, 1.54) is 11.1 Å². The Bertz CT molecular complexity index is 560. The molecule has 1 aliphatic rings. The quantitative estimate of drug-likeness (QED) is 0.797. The van der Waals surface area contributed by atoms with Crippen molar-refractivity contribution >= 4 is 6.03 Å². The molecule has 0 spiro atoms. The van der Waals surface area contributed by atoms with Gasteiger partial charge >= 0.3 is 6.03 Å². The summed E-state index contributed by atoms with van der Waals surface area (Å²) >= 11 is 0. The van der Waals surface area contributed by atoms with Crippen LogP contribution in [0.2, 0.25) is 0 Å². The second kappa shape index (κ2) is 9.20. The molecular formula is C20H33N3O2. The predicted octanol–water partition coefficient (Wildman–Crippen LogP) is 2.62. The Balaban J connectivity index is 1.92. The zero-order valence-corrected chi connectivity index (χ0v) is 16.0. The van der Waals surface area contributed by atoms with Crippen LogP contribution in [0, 0.1) is 0 Å². The van der Waals surface area contributed by atoms with Crippen molar-refractivity contribution in [3.05, 3.63) is 35.4 Å². The van der Waals surface area contributed by atoms with Crippen LogP contribution in [-0.2, 0) is 13.0 Å². The molecule has 2 unspecified atom stereocenters. The summed E-state index contributed by atoms with van der Waals surface area (Å²) in [6, 6.07) is 8.93. The van der Waals surface area contributed by atoms with Crippen LogP contribution in [0.5, 0.6) is 0 Å². The number of aliphatic hydroxyl groups is 1. The Kier molecular flexibility index (Phi) is 7.26. The van der Waals surface area contributed by atoms with Gasteiger partial charge in [-0.15, -0.1) is 0 Å². The van der Waals surface area contributed by atoms with Gasteiger partial charge in [0.25, 0.3) is 0 Å². The maximum Gasteiger partial charge on any atom is 0.317 e. The van der Waals surface area contributed by atoms with Gasteiger partial charge in [-0.2, -0.15) is 0 Å². The molecule has 2 N–H and O–H groups in total. The summed E-state index contributed by atoms with van der Waals surface area (Å²) in [6.07, 6.45) is 1.55. The van der Waals surface area contributed by atoms with Crippen LogP contribution < -0.4 is 5.32 Å². The van der Waals surface area contributed by atoms with E-state index in [1.54, 1.807) is 11.8 Å². The summed E-state index contributed by atoms with van der Waals surface area (Å²) in [7, 11) is 0. The summed E-state index contributed by atoms with van der Waals surface area (Å²) in [6.45, 7) is 10.8. The molecule has 0 bridgehead atoms. The lowest BCUT2D eigenvalue weighted by molar-refractivity contribution is 0.115. The maximum atomic E-state index is 12.5. The third-order valence-corrected chi connectivity index (χ3v) is 4.98. The number of benzene rings is 1. The molecule has 0 radical (unpaired) electrons. The lowest BCUT2D eigenvalue weighted by atomic mass is 9.98. The maximum absolute atomic E-state index is 12.5. The summed E-state index contributed by atoms with van der Waals surface area (Å²) < 4.78 is 0. The van der Waals surface area contributed by atoms with Crippen LogP contribution in [0.15, 0.2) is 24.3 Å². The Morgan fingerprint density at radius 2 is 1.96 bits per heavy atom. The minimum atomic E-state index is -0.520. The van der Waals surface area contributed by atoms with E-state index in [1.807, 2.05) is 13.8 Å². The Morgan fingerprint density at radius 1 is 1.28 bits per heavy atom. The molecule has 0 aromatic heterocycles. The molecule has 0 fully saturated rings. The average Bonchev–Trinajstić information content (AvgIpc) is 2.59. The van der Waals surface area contributed by atoms with E-state index in [4.69, 9.17) is 0 Å². The highest BCUT2D eigenvalue weighted by Crippen LogP contribution is 2.21. The van der Waals surface area contributed by atoms with Crippen molar-refractivity contribution in [3.63, 3.8) is 0 Å². The fraction of sp³-hybridized carbons (Fsp3) is 0.650. The van der Waals surface area contributed by atoms with E-state index >= 15 is 0 Å². The Hall–Kier alpha value is -1.59. The molecule has 2 rings (SSSR count). The largest absolute Gasteiger partial charge is 0.392 e. The van der Waals surface area contributed by atoms with E-state index in [0.29, 0.717) is 19.1 Å². The predicted molar refractivity (Wildman–Crippen MR) is 102 cm³/mol. The van der Waals surface area contributed by atoms with Crippen LogP contribution >= 0.6 is 0 Å². The molecule has 2 amide bonds. The first-order valence-electron chi connectivity index (χ1n) is 9.45. The van der Waals surface area contributed by atoms with Gasteiger partial charge in [-0.1, -0.05) is 31.2 Å². The number of fused-ring (bicyclic) bond motifs is 1. The van der Waals surface area contributed by atoms with Gasteiger partial charge in [0.2, 0.25) is 0 Å². The van der Waals surface area contributed by atoms with Gasteiger partial charge in [0.05, 0.1) is 6.10 Å². The molecule has 1 aromatic rings. The van der Waals surface area contributed by atoms with Crippen molar-refractivity contribution in [1.82, 2.24) is 15.1 Å². The van der Waals surface area contributed by atoms with Crippen LogP contribution in [0.25, 0.3) is 0 Å². The number of amides is 2. The highest BCUT2D eigenvalue weighted by atomic mass is 16.3. The SMILES string of the molecule is CCC(CNC(=O)N(CC(C)O)C(C)C)N1CCc2ccccc2C1. The first-order chi connectivity index (χ1) is 11.9. The van der Waals surface area contributed by atoms with Crippen LogP contribution in [0.3, 0.4) is 0 Å². The van der Waals surface area contributed by atoms with Gasteiger partial charge in [0.15, 0.2) is 0 Å². The van der Waals surface area contributed by atoms with Gasteiger partial charge in [-0.3, -0.25) is 4.90 Å². The Morgan fingerprint density at radius 3 is 2.56 bits per heavy atom. The fourth-order valence-corrected chi connectivity index (χ4v) is 3.48. The zero-order chi connectivity index (χ0) is 18.4. The first kappa shape index (κ1) is 19.7. The molecule has 0 saturated heterocycles. The summed E-state index contributed by atoms with van der Waals surface area (Å²) in [5.74, 6) is 0. The average molecular weight is 348 g/mol. The highest BCUT2D eigenvalue weighted by molar-refractivity contribution is 5.74. The van der Waals surface area contributed by atoms with Crippen molar-refractivity contribution in [3.8, 4) is 0 Å². The van der Waals surface area contributed by atoms with Crippen molar-refractivity contribution in [2.45, 2.75) is 65.3 Å². The van der Waals surface area contributed by atoms with E-state index in [-0.39, 0.29) is 12.1 Å². The molecule has 0 saturated carbocycles. The van der Waals surface area contributed by atoms with Gasteiger partial charge < -0.3 is 15.3 Å². The van der Waals surface area contributed by atoms with Crippen molar-refractivity contribution < 1.29 is 9.90 Å². The van der Waals surface area contributed by atoms with E-state index in [2.05, 4.69) is 41.4 Å². The molecule has 5 nitrogen and oxygen atoms in total. The number of rotatable bonds is 7. The number of nitrogens with zero attached hydrogens (tertiary/aromatic N) is 2. The van der Waals surface area contributed by atoms with Crippen molar-refractivity contribution in [2.75, 3.05) is 19.6 Å². The first-order valence-corrected chi connectivity index (χ1v) is 9.45. The summed E-state index contributed by atoms with van der Waals surface area (Å²) in [5, 5.41) is 12.7.